The lowest BCUT2D eigenvalue weighted by molar-refractivity contribution is 0.0411. The third-order valence-electron chi connectivity index (χ3n) is 3.03. The summed E-state index contributed by atoms with van der Waals surface area (Å²) < 4.78 is 12.8. The van der Waals surface area contributed by atoms with Gasteiger partial charge < -0.3 is 10.8 Å². The third-order valence-corrected chi connectivity index (χ3v) is 3.03. The van der Waals surface area contributed by atoms with Crippen molar-refractivity contribution in [3.8, 4) is 0 Å². The first kappa shape index (κ1) is 9.46. The lowest BCUT2D eigenvalue weighted by atomic mass is 9.64. The summed E-state index contributed by atoms with van der Waals surface area (Å²) in [5.41, 5.74) is 6.89. The smallest absolute Gasteiger partial charge is 0.102 e. The Labute approximate surface area is 82.5 Å². The fraction of sp³-hybridized carbons (Fsp3) is 0.455. The van der Waals surface area contributed by atoms with E-state index in [2.05, 4.69) is 0 Å². The van der Waals surface area contributed by atoms with Crippen molar-refractivity contribution in [1.29, 1.82) is 0 Å². The molecule has 2 rings (SSSR count). The predicted octanol–water partition coefficient (Wildman–Crippen LogP) is 1.63. The van der Waals surface area contributed by atoms with Crippen LogP contribution in [0.4, 0.5) is 10.1 Å². The second-order valence-corrected chi connectivity index (χ2v) is 4.07. The van der Waals surface area contributed by atoms with E-state index in [0.29, 0.717) is 18.5 Å². The SMILES string of the molecule is Nc1cccc(C2(CO)CC(F)C2)c1. The first-order valence-corrected chi connectivity index (χ1v) is 4.77. The number of alkyl halides is 1. The molecule has 0 heterocycles. The minimum Gasteiger partial charge on any atom is -0.399 e. The maximum Gasteiger partial charge on any atom is 0.102 e. The lowest BCUT2D eigenvalue weighted by Crippen LogP contribution is -2.45. The third kappa shape index (κ3) is 1.38. The van der Waals surface area contributed by atoms with E-state index in [0.717, 1.165) is 5.56 Å². The topological polar surface area (TPSA) is 46.2 Å². The Morgan fingerprint density at radius 3 is 2.71 bits per heavy atom. The molecule has 14 heavy (non-hydrogen) atoms. The molecule has 0 amide bonds. The van der Waals surface area contributed by atoms with Crippen LogP contribution in [0.5, 0.6) is 0 Å². The summed E-state index contributed by atoms with van der Waals surface area (Å²) in [6, 6.07) is 7.36. The van der Waals surface area contributed by atoms with Gasteiger partial charge in [0.1, 0.15) is 6.17 Å². The van der Waals surface area contributed by atoms with Gasteiger partial charge in [-0.25, -0.2) is 4.39 Å². The van der Waals surface area contributed by atoms with Gasteiger partial charge >= 0.3 is 0 Å². The number of anilines is 1. The number of halogens is 1. The average Bonchev–Trinajstić information content (AvgIpc) is 2.12. The molecular formula is C11H14FNO. The van der Waals surface area contributed by atoms with E-state index in [1.807, 2.05) is 18.2 Å². The zero-order valence-electron chi connectivity index (χ0n) is 7.91. The highest BCUT2D eigenvalue weighted by atomic mass is 19.1. The van der Waals surface area contributed by atoms with E-state index in [-0.39, 0.29) is 12.0 Å². The Morgan fingerprint density at radius 1 is 1.50 bits per heavy atom. The zero-order valence-corrected chi connectivity index (χ0v) is 7.91. The van der Waals surface area contributed by atoms with Gasteiger partial charge in [0, 0.05) is 11.1 Å². The van der Waals surface area contributed by atoms with Crippen LogP contribution in [0.3, 0.4) is 0 Å². The van der Waals surface area contributed by atoms with Gasteiger partial charge in [-0.2, -0.15) is 0 Å². The molecule has 0 radical (unpaired) electrons. The number of hydrogen-bond acceptors (Lipinski definition) is 2. The monoisotopic (exact) mass is 195 g/mol. The standard InChI is InChI=1S/C11H14FNO/c12-9-5-11(6-9,7-14)8-2-1-3-10(13)4-8/h1-4,9,14H,5-7,13H2. The molecule has 2 nitrogen and oxygen atoms in total. The van der Waals surface area contributed by atoms with Gasteiger partial charge in [0.05, 0.1) is 6.61 Å². The van der Waals surface area contributed by atoms with Crippen LogP contribution >= 0.6 is 0 Å². The summed E-state index contributed by atoms with van der Waals surface area (Å²) in [5.74, 6) is 0. The second kappa shape index (κ2) is 3.24. The molecular weight excluding hydrogens is 181 g/mol. The summed E-state index contributed by atoms with van der Waals surface area (Å²) in [6.45, 7) is -0.00310. The number of aliphatic hydroxyl groups excluding tert-OH is 1. The molecule has 0 saturated heterocycles. The highest BCUT2D eigenvalue weighted by Crippen LogP contribution is 2.45. The van der Waals surface area contributed by atoms with E-state index >= 15 is 0 Å². The van der Waals surface area contributed by atoms with Crippen LogP contribution in [0.25, 0.3) is 0 Å². The van der Waals surface area contributed by atoms with E-state index in [1.165, 1.54) is 0 Å². The molecule has 0 unspecified atom stereocenters. The Balaban J connectivity index is 2.29. The van der Waals surface area contributed by atoms with Crippen LogP contribution in [0, 0.1) is 0 Å². The van der Waals surface area contributed by atoms with Crippen LogP contribution in [0.1, 0.15) is 18.4 Å². The molecule has 3 heteroatoms. The van der Waals surface area contributed by atoms with Crippen molar-refractivity contribution in [3.05, 3.63) is 29.8 Å². The maximum atomic E-state index is 12.8. The van der Waals surface area contributed by atoms with Gasteiger partial charge in [-0.3, -0.25) is 0 Å². The maximum absolute atomic E-state index is 12.8. The molecule has 1 aromatic carbocycles. The molecule has 1 aromatic rings. The molecule has 0 aliphatic heterocycles. The minimum absolute atomic E-state index is 0.00310. The fourth-order valence-corrected chi connectivity index (χ4v) is 2.11. The van der Waals surface area contributed by atoms with E-state index < -0.39 is 6.17 Å². The Hall–Kier alpha value is -1.09. The molecule has 0 atom stereocenters. The average molecular weight is 195 g/mol. The number of nitrogen functional groups attached to an aromatic ring is 1. The van der Waals surface area contributed by atoms with Crippen molar-refractivity contribution in [2.75, 3.05) is 12.3 Å². The molecule has 0 aromatic heterocycles. The van der Waals surface area contributed by atoms with Crippen LogP contribution in [0.2, 0.25) is 0 Å². The summed E-state index contributed by atoms with van der Waals surface area (Å²) in [5, 5.41) is 9.29. The highest BCUT2D eigenvalue weighted by Gasteiger charge is 2.45. The summed E-state index contributed by atoms with van der Waals surface area (Å²) in [4.78, 5) is 0. The fourth-order valence-electron chi connectivity index (χ4n) is 2.11. The van der Waals surface area contributed by atoms with Crippen molar-refractivity contribution >= 4 is 5.69 Å². The number of rotatable bonds is 2. The first-order chi connectivity index (χ1) is 6.66. The largest absolute Gasteiger partial charge is 0.399 e. The quantitative estimate of drug-likeness (QED) is 0.704. The van der Waals surface area contributed by atoms with Gasteiger partial charge in [0.25, 0.3) is 0 Å². The number of benzene rings is 1. The zero-order chi connectivity index (χ0) is 10.2. The first-order valence-electron chi connectivity index (χ1n) is 4.77. The summed E-state index contributed by atoms with van der Waals surface area (Å²) >= 11 is 0. The molecule has 1 aliphatic rings. The summed E-state index contributed by atoms with van der Waals surface area (Å²) in [6.07, 6.45) is 0.0449. The van der Waals surface area contributed by atoms with Gasteiger partial charge in [-0.1, -0.05) is 12.1 Å². The molecule has 0 bridgehead atoms. The normalized spacial score (nSPS) is 31.1. The molecule has 1 aliphatic carbocycles. The second-order valence-electron chi connectivity index (χ2n) is 4.07. The number of aliphatic hydroxyl groups is 1. The van der Waals surface area contributed by atoms with Crippen molar-refractivity contribution in [2.45, 2.75) is 24.4 Å². The molecule has 0 spiro atoms. The van der Waals surface area contributed by atoms with Crippen molar-refractivity contribution in [2.24, 2.45) is 0 Å². The van der Waals surface area contributed by atoms with E-state index in [4.69, 9.17) is 5.73 Å². The van der Waals surface area contributed by atoms with Crippen molar-refractivity contribution < 1.29 is 9.50 Å². The highest BCUT2D eigenvalue weighted by molar-refractivity contribution is 5.44. The Morgan fingerprint density at radius 2 is 2.21 bits per heavy atom. The molecule has 3 N–H and O–H groups in total. The number of nitrogens with two attached hydrogens (primary N) is 1. The van der Waals surface area contributed by atoms with Crippen molar-refractivity contribution in [3.63, 3.8) is 0 Å². The lowest BCUT2D eigenvalue weighted by Gasteiger charge is -2.43. The van der Waals surface area contributed by atoms with Gasteiger partial charge in [-0.05, 0) is 30.5 Å². The van der Waals surface area contributed by atoms with Crippen molar-refractivity contribution in [1.82, 2.24) is 0 Å². The molecule has 1 saturated carbocycles. The molecule has 76 valence electrons. The van der Waals surface area contributed by atoms with Crippen LogP contribution < -0.4 is 5.73 Å². The van der Waals surface area contributed by atoms with Crippen LogP contribution in [-0.2, 0) is 5.41 Å². The van der Waals surface area contributed by atoms with Gasteiger partial charge in [0.15, 0.2) is 0 Å². The van der Waals surface area contributed by atoms with Crippen LogP contribution in [-0.4, -0.2) is 17.9 Å². The number of hydrogen-bond donors (Lipinski definition) is 2. The van der Waals surface area contributed by atoms with Gasteiger partial charge in [-0.15, -0.1) is 0 Å². The van der Waals surface area contributed by atoms with Crippen LogP contribution in [0.15, 0.2) is 24.3 Å². The van der Waals surface area contributed by atoms with E-state index in [9.17, 15) is 9.50 Å². The molecule has 1 fully saturated rings. The predicted molar refractivity (Wildman–Crippen MR) is 53.7 cm³/mol. The summed E-state index contributed by atoms with van der Waals surface area (Å²) in [7, 11) is 0. The Kier molecular flexibility index (Phi) is 2.19. The minimum atomic E-state index is -0.774. The van der Waals surface area contributed by atoms with Gasteiger partial charge in [0.2, 0.25) is 0 Å². The Bertz CT molecular complexity index is 334. The van der Waals surface area contributed by atoms with E-state index in [1.54, 1.807) is 6.07 Å².